The minimum atomic E-state index is -0.0794. The standard InChI is InChI=1S/C20H19N5O/c1-14-11-18-23-20(16-9-5-6-10-17(16)25(18)24-14)22-13-19(26)21-12-15-7-3-2-4-8-15/h2-11H,12-13H2,1H3,(H,21,26)(H,22,23). The molecule has 0 radical (unpaired) electrons. The van der Waals surface area contributed by atoms with Crippen molar-refractivity contribution in [1.82, 2.24) is 19.9 Å². The SMILES string of the molecule is Cc1cc2nc(NCC(=O)NCc3ccccc3)c3ccccc3n2n1. The average Bonchev–Trinajstić information content (AvgIpc) is 3.05. The molecular formula is C20H19N5O. The fourth-order valence-corrected chi connectivity index (χ4v) is 2.93. The summed E-state index contributed by atoms with van der Waals surface area (Å²) in [6.45, 7) is 2.61. The van der Waals surface area contributed by atoms with Crippen LogP contribution in [0.25, 0.3) is 16.6 Å². The van der Waals surface area contributed by atoms with Gasteiger partial charge in [-0.05, 0) is 24.6 Å². The highest BCUT2D eigenvalue weighted by Gasteiger charge is 2.10. The Morgan fingerprint density at radius 1 is 1.08 bits per heavy atom. The van der Waals surface area contributed by atoms with Gasteiger partial charge < -0.3 is 10.6 Å². The highest BCUT2D eigenvalue weighted by molar-refractivity contribution is 5.92. The van der Waals surface area contributed by atoms with Crippen LogP contribution in [0.1, 0.15) is 11.3 Å². The van der Waals surface area contributed by atoms with E-state index >= 15 is 0 Å². The molecular weight excluding hydrogens is 326 g/mol. The van der Waals surface area contributed by atoms with E-state index in [0.717, 1.165) is 27.8 Å². The topological polar surface area (TPSA) is 71.3 Å². The minimum absolute atomic E-state index is 0.0794. The van der Waals surface area contributed by atoms with Crippen molar-refractivity contribution >= 4 is 28.3 Å². The molecule has 130 valence electrons. The van der Waals surface area contributed by atoms with Crippen LogP contribution in [-0.4, -0.2) is 27.0 Å². The molecule has 4 rings (SSSR count). The Kier molecular flexibility index (Phi) is 4.23. The zero-order valence-electron chi connectivity index (χ0n) is 14.4. The summed E-state index contributed by atoms with van der Waals surface area (Å²) in [5.74, 6) is 0.604. The first kappa shape index (κ1) is 16.1. The first-order chi connectivity index (χ1) is 12.7. The van der Waals surface area contributed by atoms with Crippen LogP contribution in [0.4, 0.5) is 5.82 Å². The summed E-state index contributed by atoms with van der Waals surface area (Å²) < 4.78 is 1.82. The third kappa shape index (κ3) is 3.21. The molecule has 0 atom stereocenters. The van der Waals surface area contributed by atoms with E-state index in [4.69, 9.17) is 0 Å². The lowest BCUT2D eigenvalue weighted by molar-refractivity contribution is -0.119. The van der Waals surface area contributed by atoms with Crippen LogP contribution < -0.4 is 10.6 Å². The number of nitrogens with one attached hydrogen (secondary N) is 2. The number of amides is 1. The molecule has 2 aromatic heterocycles. The number of aryl methyl sites for hydroxylation is 1. The van der Waals surface area contributed by atoms with Gasteiger partial charge in [-0.15, -0.1) is 0 Å². The van der Waals surface area contributed by atoms with Gasteiger partial charge in [0.25, 0.3) is 0 Å². The van der Waals surface area contributed by atoms with E-state index in [2.05, 4.69) is 20.7 Å². The fourth-order valence-electron chi connectivity index (χ4n) is 2.93. The maximum absolute atomic E-state index is 12.2. The number of carbonyl (C=O) groups excluding carboxylic acids is 1. The van der Waals surface area contributed by atoms with Crippen LogP contribution in [-0.2, 0) is 11.3 Å². The maximum Gasteiger partial charge on any atom is 0.239 e. The molecule has 2 N–H and O–H groups in total. The Bertz CT molecular complexity index is 1070. The molecule has 6 nitrogen and oxygen atoms in total. The minimum Gasteiger partial charge on any atom is -0.360 e. The first-order valence-electron chi connectivity index (χ1n) is 8.50. The molecule has 0 spiro atoms. The number of benzene rings is 2. The van der Waals surface area contributed by atoms with E-state index in [9.17, 15) is 4.79 Å². The summed E-state index contributed by atoms with van der Waals surface area (Å²) >= 11 is 0. The number of rotatable bonds is 5. The number of anilines is 1. The Labute approximate surface area is 150 Å². The fraction of sp³-hybridized carbons (Fsp3) is 0.150. The number of carbonyl (C=O) groups is 1. The molecule has 0 saturated heterocycles. The normalized spacial score (nSPS) is 11.0. The van der Waals surface area contributed by atoms with Crippen molar-refractivity contribution in [3.05, 3.63) is 71.9 Å². The van der Waals surface area contributed by atoms with Gasteiger partial charge in [-0.1, -0.05) is 42.5 Å². The van der Waals surface area contributed by atoms with Gasteiger partial charge in [0.15, 0.2) is 5.65 Å². The predicted molar refractivity (Wildman–Crippen MR) is 102 cm³/mol. The average molecular weight is 345 g/mol. The third-order valence-corrected chi connectivity index (χ3v) is 4.18. The molecule has 4 aromatic rings. The predicted octanol–water partition coefficient (Wildman–Crippen LogP) is 2.92. The molecule has 26 heavy (non-hydrogen) atoms. The van der Waals surface area contributed by atoms with E-state index in [1.807, 2.05) is 72.1 Å². The lowest BCUT2D eigenvalue weighted by atomic mass is 10.2. The monoisotopic (exact) mass is 345 g/mol. The van der Waals surface area contributed by atoms with Crippen molar-refractivity contribution in [2.75, 3.05) is 11.9 Å². The van der Waals surface area contributed by atoms with E-state index in [-0.39, 0.29) is 12.5 Å². The number of nitrogens with zero attached hydrogens (tertiary/aromatic N) is 3. The van der Waals surface area contributed by atoms with Gasteiger partial charge in [0, 0.05) is 18.0 Å². The molecule has 0 bridgehead atoms. The van der Waals surface area contributed by atoms with E-state index in [1.54, 1.807) is 0 Å². The van der Waals surface area contributed by atoms with Crippen molar-refractivity contribution in [2.45, 2.75) is 13.5 Å². The Morgan fingerprint density at radius 2 is 1.85 bits per heavy atom. The molecule has 1 amide bonds. The molecule has 6 heteroatoms. The number of fused-ring (bicyclic) bond motifs is 3. The Hall–Kier alpha value is -3.41. The van der Waals surface area contributed by atoms with Crippen LogP contribution >= 0.6 is 0 Å². The summed E-state index contributed by atoms with van der Waals surface area (Å²) in [4.78, 5) is 16.8. The van der Waals surface area contributed by atoms with Crippen molar-refractivity contribution in [1.29, 1.82) is 0 Å². The van der Waals surface area contributed by atoms with Crippen LogP contribution in [0, 0.1) is 6.92 Å². The van der Waals surface area contributed by atoms with Crippen LogP contribution in [0.2, 0.25) is 0 Å². The summed E-state index contributed by atoms with van der Waals surface area (Å²) in [5.41, 5.74) is 3.69. The van der Waals surface area contributed by atoms with Crippen LogP contribution in [0.3, 0.4) is 0 Å². The van der Waals surface area contributed by atoms with Gasteiger partial charge in [-0.2, -0.15) is 5.10 Å². The lowest BCUT2D eigenvalue weighted by Crippen LogP contribution is -2.29. The van der Waals surface area contributed by atoms with Gasteiger partial charge in [0.1, 0.15) is 5.82 Å². The lowest BCUT2D eigenvalue weighted by Gasteiger charge is -2.10. The zero-order chi connectivity index (χ0) is 17.9. The third-order valence-electron chi connectivity index (χ3n) is 4.18. The summed E-state index contributed by atoms with van der Waals surface area (Å²) in [5, 5.41) is 11.5. The molecule has 0 aliphatic heterocycles. The van der Waals surface area contributed by atoms with Crippen LogP contribution in [0.5, 0.6) is 0 Å². The zero-order valence-corrected chi connectivity index (χ0v) is 14.4. The number of hydrogen-bond acceptors (Lipinski definition) is 4. The quantitative estimate of drug-likeness (QED) is 0.583. The van der Waals surface area contributed by atoms with Crippen molar-refractivity contribution < 1.29 is 4.79 Å². The van der Waals surface area contributed by atoms with Crippen molar-refractivity contribution in [2.24, 2.45) is 0 Å². The second kappa shape index (κ2) is 6.84. The van der Waals surface area contributed by atoms with Crippen LogP contribution in [0.15, 0.2) is 60.7 Å². The summed E-state index contributed by atoms with van der Waals surface area (Å²) in [6.07, 6.45) is 0. The maximum atomic E-state index is 12.2. The molecule has 2 heterocycles. The van der Waals surface area contributed by atoms with Crippen molar-refractivity contribution in [3.8, 4) is 0 Å². The molecule has 0 aliphatic rings. The van der Waals surface area contributed by atoms with E-state index in [1.165, 1.54) is 0 Å². The molecule has 0 saturated carbocycles. The largest absolute Gasteiger partial charge is 0.360 e. The van der Waals surface area contributed by atoms with E-state index < -0.39 is 0 Å². The Balaban J connectivity index is 1.52. The number of aromatic nitrogens is 3. The van der Waals surface area contributed by atoms with Gasteiger partial charge in [0.2, 0.25) is 5.91 Å². The number of para-hydroxylation sites is 1. The Morgan fingerprint density at radius 3 is 2.69 bits per heavy atom. The second-order valence-electron chi connectivity index (χ2n) is 6.15. The molecule has 2 aromatic carbocycles. The summed E-state index contributed by atoms with van der Waals surface area (Å²) in [6, 6.07) is 19.7. The highest BCUT2D eigenvalue weighted by Crippen LogP contribution is 2.23. The van der Waals surface area contributed by atoms with Gasteiger partial charge in [-0.3, -0.25) is 4.79 Å². The van der Waals surface area contributed by atoms with E-state index in [0.29, 0.717) is 12.4 Å². The summed E-state index contributed by atoms with van der Waals surface area (Å²) in [7, 11) is 0. The highest BCUT2D eigenvalue weighted by atomic mass is 16.1. The van der Waals surface area contributed by atoms with Gasteiger partial charge in [0.05, 0.1) is 17.8 Å². The second-order valence-corrected chi connectivity index (χ2v) is 6.15. The van der Waals surface area contributed by atoms with Crippen molar-refractivity contribution in [3.63, 3.8) is 0 Å². The van der Waals surface area contributed by atoms with Gasteiger partial charge >= 0.3 is 0 Å². The van der Waals surface area contributed by atoms with Gasteiger partial charge in [-0.25, -0.2) is 9.50 Å². The smallest absolute Gasteiger partial charge is 0.239 e. The molecule has 0 unspecified atom stereocenters. The first-order valence-corrected chi connectivity index (χ1v) is 8.50. The number of hydrogen-bond donors (Lipinski definition) is 2. The molecule has 0 fully saturated rings. The molecule has 0 aliphatic carbocycles.